The fourth-order valence-electron chi connectivity index (χ4n) is 4.07. The third kappa shape index (κ3) is 4.81. The zero-order valence-electron chi connectivity index (χ0n) is 20.2. The van der Waals surface area contributed by atoms with E-state index in [0.717, 1.165) is 20.2 Å². The van der Waals surface area contributed by atoms with Crippen molar-refractivity contribution in [2.24, 2.45) is 4.99 Å². The number of ether oxygens (including phenoxy) is 3. The lowest BCUT2D eigenvalue weighted by Gasteiger charge is -2.11. The molecule has 39 heavy (non-hydrogen) atoms. The normalized spacial score (nSPS) is 14.2. The van der Waals surface area contributed by atoms with Crippen LogP contribution in [0.15, 0.2) is 77.4 Å². The maximum atomic E-state index is 13.0. The third-order valence-corrected chi connectivity index (χ3v) is 9.16. The Kier molecular flexibility index (Phi) is 6.86. The van der Waals surface area contributed by atoms with E-state index >= 15 is 0 Å². The predicted molar refractivity (Wildman–Crippen MR) is 157 cm³/mol. The summed E-state index contributed by atoms with van der Waals surface area (Å²) in [7, 11) is 0. The van der Waals surface area contributed by atoms with Gasteiger partial charge < -0.3 is 14.2 Å². The smallest absolute Gasteiger partial charge is 0.363 e. The Balaban J connectivity index is 1.29. The van der Waals surface area contributed by atoms with E-state index in [1.807, 2.05) is 55.5 Å². The summed E-state index contributed by atoms with van der Waals surface area (Å²) >= 11 is 15.7. The molecule has 5 aromatic rings. The van der Waals surface area contributed by atoms with Crippen molar-refractivity contribution in [2.75, 3.05) is 6.61 Å². The van der Waals surface area contributed by atoms with Crippen LogP contribution in [0.4, 0.5) is 0 Å². The van der Waals surface area contributed by atoms with Crippen LogP contribution in [0.1, 0.15) is 27.0 Å². The molecule has 2 aromatic heterocycles. The molecule has 1 aliphatic heterocycles. The maximum Gasteiger partial charge on any atom is 0.363 e. The molecule has 194 valence electrons. The minimum Gasteiger partial charge on any atom is -0.490 e. The number of benzene rings is 3. The molecule has 10 heteroatoms. The summed E-state index contributed by atoms with van der Waals surface area (Å²) in [4.78, 5) is 30.9. The summed E-state index contributed by atoms with van der Waals surface area (Å²) < 4.78 is 18.7. The number of esters is 2. The van der Waals surface area contributed by atoms with Crippen LogP contribution in [0.25, 0.3) is 26.2 Å². The van der Waals surface area contributed by atoms with Crippen molar-refractivity contribution in [3.05, 3.63) is 97.8 Å². The first-order valence-corrected chi connectivity index (χ1v) is 14.2. The van der Waals surface area contributed by atoms with Crippen LogP contribution in [0, 0.1) is 0 Å². The van der Waals surface area contributed by atoms with Crippen molar-refractivity contribution in [1.82, 2.24) is 0 Å². The van der Waals surface area contributed by atoms with Crippen molar-refractivity contribution in [2.45, 2.75) is 6.92 Å². The highest BCUT2D eigenvalue weighted by molar-refractivity contribution is 7.22. The molecule has 0 unspecified atom stereocenters. The number of thiophene rings is 2. The molecule has 0 bridgehead atoms. The van der Waals surface area contributed by atoms with Crippen molar-refractivity contribution >= 4 is 90.0 Å². The first-order chi connectivity index (χ1) is 18.9. The summed E-state index contributed by atoms with van der Waals surface area (Å²) in [5.41, 5.74) is 0.723. The Morgan fingerprint density at radius 1 is 0.949 bits per heavy atom. The van der Waals surface area contributed by atoms with Gasteiger partial charge in [-0.15, -0.1) is 22.7 Å². The van der Waals surface area contributed by atoms with Crippen LogP contribution < -0.4 is 9.47 Å². The standard InChI is InChI=1S/C29H17Cl2NO5S2/c1-2-35-20-14-15(11-12-19(20)36-29(34)26-24(31)17-8-4-6-10-22(17)39-26)13-18-28(33)37-27(32-18)25-23(30)16-7-3-5-9-21(16)38-25/h3-14H,2H2,1H3/b18-13+. The van der Waals surface area contributed by atoms with Gasteiger partial charge in [0.05, 0.1) is 16.7 Å². The van der Waals surface area contributed by atoms with Gasteiger partial charge in [-0.2, -0.15) is 0 Å². The first kappa shape index (κ1) is 25.6. The Hall–Kier alpha value is -3.69. The summed E-state index contributed by atoms with van der Waals surface area (Å²) in [6.45, 7) is 2.16. The van der Waals surface area contributed by atoms with Gasteiger partial charge in [0.15, 0.2) is 17.2 Å². The minimum absolute atomic E-state index is 0.114. The van der Waals surface area contributed by atoms with Crippen molar-refractivity contribution in [1.29, 1.82) is 0 Å². The monoisotopic (exact) mass is 593 g/mol. The van der Waals surface area contributed by atoms with Crippen molar-refractivity contribution in [3.8, 4) is 11.5 Å². The second-order valence-corrected chi connectivity index (χ2v) is 11.2. The van der Waals surface area contributed by atoms with Gasteiger partial charge in [0.25, 0.3) is 0 Å². The fourth-order valence-corrected chi connectivity index (χ4v) is 6.90. The molecule has 0 spiro atoms. The second-order valence-electron chi connectivity index (χ2n) is 8.35. The first-order valence-electron chi connectivity index (χ1n) is 11.8. The van der Waals surface area contributed by atoms with Crippen LogP contribution in [0.2, 0.25) is 10.0 Å². The molecule has 0 fully saturated rings. The lowest BCUT2D eigenvalue weighted by molar-refractivity contribution is -0.129. The van der Waals surface area contributed by atoms with Crippen LogP contribution in [0.5, 0.6) is 11.5 Å². The SMILES string of the molecule is CCOc1cc(/C=C2/N=C(c3sc4ccccc4c3Cl)OC2=O)ccc1OC(=O)c1sc2ccccc2c1Cl. The van der Waals surface area contributed by atoms with E-state index in [1.54, 1.807) is 24.3 Å². The maximum absolute atomic E-state index is 13.0. The number of nitrogens with zero attached hydrogens (tertiary/aromatic N) is 1. The number of rotatable bonds is 6. The van der Waals surface area contributed by atoms with Gasteiger partial charge >= 0.3 is 11.9 Å². The molecule has 1 aliphatic rings. The van der Waals surface area contributed by atoms with E-state index in [0.29, 0.717) is 37.7 Å². The van der Waals surface area contributed by atoms with E-state index in [9.17, 15) is 9.59 Å². The molecule has 0 aliphatic carbocycles. The number of fused-ring (bicyclic) bond motifs is 2. The summed E-state index contributed by atoms with van der Waals surface area (Å²) in [6, 6.07) is 20.1. The van der Waals surface area contributed by atoms with Gasteiger partial charge in [-0.1, -0.05) is 65.7 Å². The highest BCUT2D eigenvalue weighted by atomic mass is 35.5. The lowest BCUT2D eigenvalue weighted by Crippen LogP contribution is -2.08. The van der Waals surface area contributed by atoms with Gasteiger partial charge in [-0.25, -0.2) is 14.6 Å². The molecule has 0 amide bonds. The topological polar surface area (TPSA) is 74.2 Å². The molecule has 0 atom stereocenters. The number of carbonyl (C=O) groups excluding carboxylic acids is 2. The second kappa shape index (κ2) is 10.5. The molecule has 6 rings (SSSR count). The number of aliphatic imine (C=N–C) groups is 1. The van der Waals surface area contributed by atoms with Crippen molar-refractivity contribution < 1.29 is 23.8 Å². The molecule has 0 saturated heterocycles. The Bertz CT molecular complexity index is 1850. The van der Waals surface area contributed by atoms with Gasteiger partial charge in [0.1, 0.15) is 9.75 Å². The van der Waals surface area contributed by atoms with Crippen LogP contribution >= 0.6 is 45.9 Å². The average molecular weight is 594 g/mol. The Morgan fingerprint density at radius 3 is 2.33 bits per heavy atom. The van der Waals surface area contributed by atoms with Crippen LogP contribution in [-0.2, 0) is 9.53 Å². The zero-order chi connectivity index (χ0) is 27.1. The number of hydrogen-bond donors (Lipinski definition) is 0. The quantitative estimate of drug-likeness (QED) is 0.112. The number of carbonyl (C=O) groups is 2. The molecular weight excluding hydrogens is 577 g/mol. The minimum atomic E-state index is -0.591. The van der Waals surface area contributed by atoms with Gasteiger partial charge in [-0.05, 0) is 42.8 Å². The van der Waals surface area contributed by atoms with E-state index in [1.165, 1.54) is 22.7 Å². The molecule has 6 nitrogen and oxygen atoms in total. The molecule has 0 N–H and O–H groups in total. The average Bonchev–Trinajstić information content (AvgIpc) is 3.59. The largest absolute Gasteiger partial charge is 0.490 e. The fraction of sp³-hybridized carbons (Fsp3) is 0.0690. The number of cyclic esters (lactones) is 1. The van der Waals surface area contributed by atoms with Crippen LogP contribution in [-0.4, -0.2) is 24.4 Å². The van der Waals surface area contributed by atoms with E-state index < -0.39 is 11.9 Å². The molecule has 0 radical (unpaired) electrons. The number of halogens is 2. The number of hydrogen-bond acceptors (Lipinski definition) is 8. The predicted octanol–water partition coefficient (Wildman–Crippen LogP) is 8.39. The van der Waals surface area contributed by atoms with Crippen LogP contribution in [0.3, 0.4) is 0 Å². The summed E-state index contributed by atoms with van der Waals surface area (Å²) in [6.07, 6.45) is 1.58. The van der Waals surface area contributed by atoms with Crippen molar-refractivity contribution in [3.63, 3.8) is 0 Å². The van der Waals surface area contributed by atoms with Gasteiger partial charge in [-0.3, -0.25) is 0 Å². The highest BCUT2D eigenvalue weighted by Gasteiger charge is 2.28. The van der Waals surface area contributed by atoms with Gasteiger partial charge in [0.2, 0.25) is 5.90 Å². The summed E-state index contributed by atoms with van der Waals surface area (Å²) in [5, 5.41) is 2.52. The molecule has 0 saturated carbocycles. The van der Waals surface area contributed by atoms with Gasteiger partial charge in [0, 0.05) is 20.2 Å². The molecular formula is C29H17Cl2NO5S2. The van der Waals surface area contributed by atoms with E-state index in [2.05, 4.69) is 4.99 Å². The summed E-state index contributed by atoms with van der Waals surface area (Å²) in [5.74, 6) is -0.449. The lowest BCUT2D eigenvalue weighted by atomic mass is 10.1. The molecule has 3 heterocycles. The van der Waals surface area contributed by atoms with E-state index in [4.69, 9.17) is 37.4 Å². The zero-order valence-corrected chi connectivity index (χ0v) is 23.3. The highest BCUT2D eigenvalue weighted by Crippen LogP contribution is 2.39. The van der Waals surface area contributed by atoms with E-state index in [-0.39, 0.29) is 17.3 Å². The third-order valence-electron chi connectivity index (χ3n) is 5.84. The molecule has 3 aromatic carbocycles. The Morgan fingerprint density at radius 2 is 1.64 bits per heavy atom. The Labute approximate surface area is 240 Å².